The average Bonchev–Trinajstić information content (AvgIpc) is 2.36. The van der Waals surface area contributed by atoms with Gasteiger partial charge >= 0.3 is 17.1 Å². The molecule has 0 saturated carbocycles. The van der Waals surface area contributed by atoms with E-state index in [1.807, 2.05) is 0 Å². The van der Waals surface area contributed by atoms with E-state index in [9.17, 15) is 0 Å². The largest absolute Gasteiger partial charge is 2.00 e. The topological polar surface area (TPSA) is 195 Å². The van der Waals surface area contributed by atoms with Crippen molar-refractivity contribution < 1.29 is 79.8 Å². The summed E-state index contributed by atoms with van der Waals surface area (Å²) in [6, 6.07) is 0. The van der Waals surface area contributed by atoms with Gasteiger partial charge in [0.2, 0.25) is 0 Å². The van der Waals surface area contributed by atoms with Gasteiger partial charge in [-0.2, -0.15) is 4.79 Å². The number of nitrogens with two attached hydrogens (primary N) is 1. The average molecular weight is 497 g/mol. The second-order valence-electron chi connectivity index (χ2n) is 1.26. The standard InChI is InChI=1S/C2H4N4.Cu.2IO3/c3-6-2-1-4-5-6;;2*2-1(3)4/h1-2H,3H2;;;/q;+2;2*-1. The van der Waals surface area contributed by atoms with Gasteiger partial charge in [0, 0.05) is 0 Å². The molecule has 0 saturated heterocycles. The summed E-state index contributed by atoms with van der Waals surface area (Å²) in [5, 5.41) is 6.77. The van der Waals surface area contributed by atoms with E-state index in [0.717, 1.165) is 4.79 Å². The van der Waals surface area contributed by atoms with Crippen molar-refractivity contribution in [2.24, 2.45) is 0 Å². The van der Waals surface area contributed by atoms with Gasteiger partial charge in [-0.3, -0.25) is 0 Å². The Hall–Kier alpha value is 0.679. The van der Waals surface area contributed by atoms with E-state index < -0.39 is 42.1 Å². The number of nitrogen functional groups attached to an aromatic ring is 1. The van der Waals surface area contributed by atoms with Crippen LogP contribution in [0.25, 0.3) is 0 Å². The van der Waals surface area contributed by atoms with E-state index in [1.54, 1.807) is 6.20 Å². The van der Waals surface area contributed by atoms with Crippen molar-refractivity contribution in [3.05, 3.63) is 12.4 Å². The molecule has 1 aromatic heterocycles. The van der Waals surface area contributed by atoms with Crippen LogP contribution >= 0.6 is 0 Å². The molecule has 0 spiro atoms. The van der Waals surface area contributed by atoms with Crippen LogP contribution in [0.2, 0.25) is 0 Å². The molecule has 0 aliphatic carbocycles. The minimum absolute atomic E-state index is 0. The van der Waals surface area contributed by atoms with Crippen molar-refractivity contribution in [2.45, 2.75) is 0 Å². The van der Waals surface area contributed by atoms with Gasteiger partial charge in [-0.25, -0.2) is 0 Å². The molecule has 1 heterocycles. The molecule has 1 radical (unpaired) electrons. The van der Waals surface area contributed by atoms with E-state index in [1.165, 1.54) is 6.20 Å². The molecule has 0 atom stereocenters. The molecule has 0 fully saturated rings. The Morgan fingerprint density at radius 2 is 1.33 bits per heavy atom. The third-order valence-corrected chi connectivity index (χ3v) is 0.441. The number of hydrogen-bond acceptors (Lipinski definition) is 9. The molecule has 10 nitrogen and oxygen atoms in total. The second-order valence-corrected chi connectivity index (χ2v) is 3.42. The summed E-state index contributed by atoms with van der Waals surface area (Å²) in [6.45, 7) is 0. The first-order chi connectivity index (χ1) is 6.36. The molecule has 0 bridgehead atoms. The summed E-state index contributed by atoms with van der Waals surface area (Å²) < 4.78 is 51.4. The minimum Gasteiger partial charge on any atom is -0.427 e. The van der Waals surface area contributed by atoms with Crippen LogP contribution < -0.4 is 68.6 Å². The maximum atomic E-state index is 8.57. The van der Waals surface area contributed by atoms with Crippen molar-refractivity contribution in [2.75, 3.05) is 5.84 Å². The van der Waals surface area contributed by atoms with Crippen molar-refractivity contribution in [3.8, 4) is 0 Å². The SMILES string of the molecule is Nn1ccnn1.[Cu+2].[O-][I+2]([O-])[O-].[O-][I+2]([O-])[O-]. The fourth-order valence-corrected chi connectivity index (χ4v) is 0.217. The first-order valence-corrected chi connectivity index (χ1v) is 7.72. The van der Waals surface area contributed by atoms with Crippen LogP contribution in [-0.4, -0.2) is 15.1 Å². The first-order valence-electron chi connectivity index (χ1n) is 2.43. The summed E-state index contributed by atoms with van der Waals surface area (Å²) in [6.07, 6.45) is 3.07. The van der Waals surface area contributed by atoms with Crippen LogP contribution in [0.5, 0.6) is 0 Å². The third kappa shape index (κ3) is 40.0. The van der Waals surface area contributed by atoms with Crippen LogP contribution in [0.3, 0.4) is 0 Å². The predicted molar refractivity (Wildman–Crippen MR) is 20.2 cm³/mol. The molecule has 13 heteroatoms. The summed E-state index contributed by atoms with van der Waals surface area (Å²) in [7, 11) is 0. The summed E-state index contributed by atoms with van der Waals surface area (Å²) in [4.78, 5) is 1.14. The molecule has 1 rings (SSSR count). The smallest absolute Gasteiger partial charge is 0.427 e. The monoisotopic (exact) mass is 497 g/mol. The molecule has 0 aliphatic heterocycles. The molecule has 93 valence electrons. The second kappa shape index (κ2) is 14.7. The zero-order valence-electron chi connectivity index (χ0n) is 6.58. The van der Waals surface area contributed by atoms with Crippen molar-refractivity contribution >= 4 is 0 Å². The molecule has 0 unspecified atom stereocenters. The first kappa shape index (κ1) is 21.0. The number of hydrogen-bond donors (Lipinski definition) is 1. The number of rotatable bonds is 0. The Bertz CT molecular complexity index is 188. The maximum absolute atomic E-state index is 8.57. The minimum atomic E-state index is -4.01. The predicted octanol–water partition coefficient (Wildman–Crippen LogP) is -14.1. The van der Waals surface area contributed by atoms with Crippen molar-refractivity contribution in [3.63, 3.8) is 0 Å². The van der Waals surface area contributed by atoms with Crippen LogP contribution in [0.15, 0.2) is 12.4 Å². The van der Waals surface area contributed by atoms with Crippen LogP contribution in [-0.2, 0) is 17.1 Å². The number of halogens is 2. The fourth-order valence-electron chi connectivity index (χ4n) is 0.217. The zero-order chi connectivity index (χ0) is 11.6. The molecule has 2 N–H and O–H groups in total. The zero-order valence-corrected chi connectivity index (χ0v) is 11.8. The van der Waals surface area contributed by atoms with Gasteiger partial charge in [0.05, 0.1) is 12.4 Å². The Kier molecular flexibility index (Phi) is 20.6. The Morgan fingerprint density at radius 1 is 1.00 bits per heavy atom. The van der Waals surface area contributed by atoms with Gasteiger partial charge in [-0.15, -0.1) is 5.10 Å². The summed E-state index contributed by atoms with van der Waals surface area (Å²) in [5.74, 6) is 5.02. The van der Waals surface area contributed by atoms with Gasteiger partial charge < -0.3 is 26.5 Å². The fraction of sp³-hybridized carbons (Fsp3) is 0. The number of aromatic nitrogens is 3. The quantitative estimate of drug-likeness (QED) is 0.206. The van der Waals surface area contributed by atoms with E-state index >= 15 is 0 Å². The number of nitrogens with zero attached hydrogens (tertiary/aromatic N) is 3. The normalized spacial score (nSPS) is 8.27. The summed E-state index contributed by atoms with van der Waals surface area (Å²) >= 11 is -8.03. The molecular weight excluding hydrogens is 493 g/mol. The van der Waals surface area contributed by atoms with Crippen LogP contribution in [0.4, 0.5) is 0 Å². The molecule has 15 heavy (non-hydrogen) atoms. The van der Waals surface area contributed by atoms with Gasteiger partial charge in [0.15, 0.2) is 0 Å². The Labute approximate surface area is 112 Å². The van der Waals surface area contributed by atoms with E-state index in [2.05, 4.69) is 10.3 Å². The Morgan fingerprint density at radius 3 is 1.40 bits per heavy atom. The molecule has 0 amide bonds. The van der Waals surface area contributed by atoms with Gasteiger partial charge in [-0.1, -0.05) is 0 Å². The van der Waals surface area contributed by atoms with E-state index in [0.29, 0.717) is 0 Å². The molecule has 1 aromatic rings. The van der Waals surface area contributed by atoms with Crippen molar-refractivity contribution in [1.29, 1.82) is 0 Å². The van der Waals surface area contributed by atoms with Gasteiger partial charge in [0.1, 0.15) is 0 Å². The van der Waals surface area contributed by atoms with Crippen LogP contribution in [0, 0.1) is 0 Å². The third-order valence-electron chi connectivity index (χ3n) is 0.441. The maximum Gasteiger partial charge on any atom is 2.00 e. The van der Waals surface area contributed by atoms with E-state index in [-0.39, 0.29) is 17.1 Å². The van der Waals surface area contributed by atoms with Crippen LogP contribution in [0.1, 0.15) is 0 Å². The summed E-state index contributed by atoms with van der Waals surface area (Å²) in [5.41, 5.74) is 0. The molecular formula is C2H4CuI2N4O6. The van der Waals surface area contributed by atoms with Gasteiger partial charge in [-0.05, 0) is 5.21 Å². The van der Waals surface area contributed by atoms with Gasteiger partial charge in [0.25, 0.3) is 42.1 Å². The molecule has 0 aromatic carbocycles. The Balaban J connectivity index is -0.000000145. The van der Waals surface area contributed by atoms with Crippen molar-refractivity contribution in [1.82, 2.24) is 15.1 Å². The molecule has 0 aliphatic rings. The van der Waals surface area contributed by atoms with E-state index in [4.69, 9.17) is 26.5 Å².